The van der Waals surface area contributed by atoms with Gasteiger partial charge in [-0.05, 0) is 38.1 Å². The Morgan fingerprint density at radius 3 is 2.47 bits per heavy atom. The van der Waals surface area contributed by atoms with Crippen molar-refractivity contribution in [3.05, 3.63) is 57.8 Å². The van der Waals surface area contributed by atoms with Gasteiger partial charge in [0.05, 0.1) is 0 Å². The van der Waals surface area contributed by atoms with Crippen molar-refractivity contribution in [3.8, 4) is 0 Å². The SMILES string of the molecule is Cc1ccc(CN(C)CCc2ccccc2)s1. The van der Waals surface area contributed by atoms with Crippen LogP contribution >= 0.6 is 11.3 Å². The lowest BCUT2D eigenvalue weighted by atomic mass is 10.1. The first kappa shape index (κ1) is 12.3. The first-order chi connectivity index (χ1) is 8.24. The Labute approximate surface area is 108 Å². The summed E-state index contributed by atoms with van der Waals surface area (Å²) >= 11 is 1.90. The molecule has 2 aromatic rings. The topological polar surface area (TPSA) is 3.24 Å². The van der Waals surface area contributed by atoms with E-state index in [-0.39, 0.29) is 0 Å². The molecule has 0 bridgehead atoms. The highest BCUT2D eigenvalue weighted by Crippen LogP contribution is 2.16. The second kappa shape index (κ2) is 5.99. The van der Waals surface area contributed by atoms with E-state index in [2.05, 4.69) is 61.3 Å². The Hall–Kier alpha value is -1.12. The summed E-state index contributed by atoms with van der Waals surface area (Å²) in [4.78, 5) is 5.24. The zero-order valence-electron chi connectivity index (χ0n) is 10.5. The smallest absolute Gasteiger partial charge is 0.0325 e. The fraction of sp³-hybridized carbons (Fsp3) is 0.333. The second-order valence-electron chi connectivity index (χ2n) is 4.49. The monoisotopic (exact) mass is 245 g/mol. The number of benzene rings is 1. The highest BCUT2D eigenvalue weighted by atomic mass is 32.1. The molecule has 0 radical (unpaired) electrons. The minimum Gasteiger partial charge on any atom is -0.301 e. The maximum absolute atomic E-state index is 2.39. The summed E-state index contributed by atoms with van der Waals surface area (Å²) in [7, 11) is 2.19. The number of likely N-dealkylation sites (N-methyl/N-ethyl adjacent to an activating group) is 1. The maximum Gasteiger partial charge on any atom is 0.0325 e. The molecule has 1 heterocycles. The minimum absolute atomic E-state index is 1.06. The Balaban J connectivity index is 1.80. The van der Waals surface area contributed by atoms with Gasteiger partial charge in [0.2, 0.25) is 0 Å². The van der Waals surface area contributed by atoms with Crippen molar-refractivity contribution < 1.29 is 0 Å². The molecule has 0 saturated carbocycles. The van der Waals surface area contributed by atoms with Crippen LogP contribution in [0.15, 0.2) is 42.5 Å². The number of hydrogen-bond acceptors (Lipinski definition) is 2. The largest absolute Gasteiger partial charge is 0.301 e. The van der Waals surface area contributed by atoms with Gasteiger partial charge in [0.1, 0.15) is 0 Å². The molecule has 0 fully saturated rings. The molecule has 17 heavy (non-hydrogen) atoms. The van der Waals surface area contributed by atoms with E-state index < -0.39 is 0 Å². The van der Waals surface area contributed by atoms with Gasteiger partial charge in [0.15, 0.2) is 0 Å². The fourth-order valence-electron chi connectivity index (χ4n) is 1.88. The Kier molecular flexibility index (Phi) is 4.35. The van der Waals surface area contributed by atoms with Gasteiger partial charge in [0.25, 0.3) is 0 Å². The first-order valence-corrected chi connectivity index (χ1v) is 6.83. The number of rotatable bonds is 5. The van der Waals surface area contributed by atoms with Crippen molar-refractivity contribution in [1.29, 1.82) is 0 Å². The molecule has 1 nitrogen and oxygen atoms in total. The van der Waals surface area contributed by atoms with Gasteiger partial charge in [-0.3, -0.25) is 0 Å². The van der Waals surface area contributed by atoms with E-state index in [4.69, 9.17) is 0 Å². The standard InChI is InChI=1S/C15H19NS/c1-13-8-9-15(17-13)12-16(2)11-10-14-6-4-3-5-7-14/h3-9H,10-12H2,1-2H3. The Morgan fingerprint density at radius 2 is 1.82 bits per heavy atom. The summed E-state index contributed by atoms with van der Waals surface area (Å²) in [6, 6.07) is 15.1. The van der Waals surface area contributed by atoms with Gasteiger partial charge in [-0.15, -0.1) is 11.3 Å². The van der Waals surface area contributed by atoms with Crippen LogP contribution in [0.2, 0.25) is 0 Å². The molecule has 0 aliphatic heterocycles. The van der Waals surface area contributed by atoms with Crippen molar-refractivity contribution in [3.63, 3.8) is 0 Å². The van der Waals surface area contributed by atoms with Crippen molar-refractivity contribution in [2.45, 2.75) is 19.9 Å². The summed E-state index contributed by atoms with van der Waals surface area (Å²) < 4.78 is 0. The highest BCUT2D eigenvalue weighted by molar-refractivity contribution is 7.11. The van der Waals surface area contributed by atoms with E-state index >= 15 is 0 Å². The molecule has 0 saturated heterocycles. The molecule has 1 aromatic carbocycles. The van der Waals surface area contributed by atoms with Crippen molar-refractivity contribution in [1.82, 2.24) is 4.90 Å². The molecule has 0 amide bonds. The maximum atomic E-state index is 2.39. The highest BCUT2D eigenvalue weighted by Gasteiger charge is 2.02. The Morgan fingerprint density at radius 1 is 1.06 bits per heavy atom. The molecule has 0 aliphatic rings. The number of aryl methyl sites for hydroxylation is 1. The molecule has 0 N–H and O–H groups in total. The van der Waals surface area contributed by atoms with Crippen LogP contribution in [0.5, 0.6) is 0 Å². The predicted molar refractivity (Wildman–Crippen MR) is 75.5 cm³/mol. The molecule has 0 unspecified atom stereocenters. The molecule has 0 spiro atoms. The summed E-state index contributed by atoms with van der Waals surface area (Å²) in [5, 5.41) is 0. The zero-order chi connectivity index (χ0) is 12.1. The second-order valence-corrected chi connectivity index (χ2v) is 5.86. The van der Waals surface area contributed by atoms with E-state index in [1.807, 2.05) is 11.3 Å². The van der Waals surface area contributed by atoms with Gasteiger partial charge in [-0.1, -0.05) is 30.3 Å². The molecule has 1 aromatic heterocycles. The van der Waals surface area contributed by atoms with Gasteiger partial charge in [-0.25, -0.2) is 0 Å². The quantitative estimate of drug-likeness (QED) is 0.776. The normalized spacial score (nSPS) is 11.0. The summed E-state index contributed by atoms with van der Waals surface area (Å²) in [6.45, 7) is 4.34. The lowest BCUT2D eigenvalue weighted by molar-refractivity contribution is 0.334. The van der Waals surface area contributed by atoms with E-state index in [0.717, 1.165) is 19.5 Å². The van der Waals surface area contributed by atoms with Crippen LogP contribution < -0.4 is 0 Å². The molecule has 90 valence electrons. The van der Waals surface area contributed by atoms with E-state index in [0.29, 0.717) is 0 Å². The van der Waals surface area contributed by atoms with Crippen LogP contribution in [0.1, 0.15) is 15.3 Å². The van der Waals surface area contributed by atoms with Crippen LogP contribution in [-0.2, 0) is 13.0 Å². The van der Waals surface area contributed by atoms with Crippen LogP contribution in [0.3, 0.4) is 0 Å². The number of nitrogens with zero attached hydrogens (tertiary/aromatic N) is 1. The number of thiophene rings is 1. The lowest BCUT2D eigenvalue weighted by Crippen LogP contribution is -2.20. The Bertz CT molecular complexity index is 447. The molecule has 2 rings (SSSR count). The first-order valence-electron chi connectivity index (χ1n) is 6.02. The minimum atomic E-state index is 1.06. The third-order valence-electron chi connectivity index (χ3n) is 2.85. The van der Waals surface area contributed by atoms with E-state index in [1.54, 1.807) is 0 Å². The average molecular weight is 245 g/mol. The van der Waals surface area contributed by atoms with E-state index in [9.17, 15) is 0 Å². The summed E-state index contributed by atoms with van der Waals surface area (Å²) in [5.41, 5.74) is 1.42. The molecular formula is C15H19NS. The van der Waals surface area contributed by atoms with Gasteiger partial charge >= 0.3 is 0 Å². The summed E-state index contributed by atoms with van der Waals surface area (Å²) in [5.74, 6) is 0. The molecule has 0 atom stereocenters. The predicted octanol–water partition coefficient (Wildman–Crippen LogP) is 3.73. The molecule has 0 aliphatic carbocycles. The van der Waals surface area contributed by atoms with Gasteiger partial charge in [-0.2, -0.15) is 0 Å². The zero-order valence-corrected chi connectivity index (χ0v) is 11.3. The number of hydrogen-bond donors (Lipinski definition) is 0. The fourth-order valence-corrected chi connectivity index (χ4v) is 2.85. The van der Waals surface area contributed by atoms with Crippen LogP contribution in [-0.4, -0.2) is 18.5 Å². The van der Waals surface area contributed by atoms with E-state index in [1.165, 1.54) is 15.3 Å². The van der Waals surface area contributed by atoms with Gasteiger partial charge < -0.3 is 4.90 Å². The van der Waals surface area contributed by atoms with Crippen molar-refractivity contribution in [2.24, 2.45) is 0 Å². The summed E-state index contributed by atoms with van der Waals surface area (Å²) in [6.07, 6.45) is 1.13. The third-order valence-corrected chi connectivity index (χ3v) is 3.83. The van der Waals surface area contributed by atoms with Crippen LogP contribution in [0.25, 0.3) is 0 Å². The lowest BCUT2D eigenvalue weighted by Gasteiger charge is -2.15. The van der Waals surface area contributed by atoms with Gasteiger partial charge in [0, 0.05) is 22.8 Å². The molecule has 2 heteroatoms. The van der Waals surface area contributed by atoms with Crippen LogP contribution in [0.4, 0.5) is 0 Å². The third kappa shape index (κ3) is 3.99. The van der Waals surface area contributed by atoms with Crippen molar-refractivity contribution in [2.75, 3.05) is 13.6 Å². The average Bonchev–Trinajstić information content (AvgIpc) is 2.73. The van der Waals surface area contributed by atoms with Crippen LogP contribution in [0, 0.1) is 6.92 Å². The molecular weight excluding hydrogens is 226 g/mol. The van der Waals surface area contributed by atoms with Crippen molar-refractivity contribution >= 4 is 11.3 Å².